The summed E-state index contributed by atoms with van der Waals surface area (Å²) >= 11 is 6.11. The Bertz CT molecular complexity index is 559. The maximum atomic E-state index is 12.4. The van der Waals surface area contributed by atoms with Crippen LogP contribution in [0.1, 0.15) is 37.0 Å². The molecule has 0 aromatic heterocycles. The Hall–Kier alpha value is -1.86. The van der Waals surface area contributed by atoms with Crippen LogP contribution in [0.2, 0.25) is 5.02 Å². The van der Waals surface area contributed by atoms with E-state index in [1.807, 2.05) is 13.8 Å². The second-order valence-corrected chi connectivity index (χ2v) is 4.99. The number of terminal acetylenes is 1. The number of rotatable bonds is 6. The van der Waals surface area contributed by atoms with E-state index in [2.05, 4.69) is 11.2 Å². The van der Waals surface area contributed by atoms with Crippen LogP contribution < -0.4 is 14.8 Å². The topological polar surface area (TPSA) is 47.6 Å². The van der Waals surface area contributed by atoms with Crippen molar-refractivity contribution in [3.63, 3.8) is 0 Å². The number of amides is 1. The van der Waals surface area contributed by atoms with Crippen molar-refractivity contribution in [1.82, 2.24) is 5.32 Å². The number of methoxy groups -OCH3 is 2. The molecule has 4 nitrogen and oxygen atoms in total. The predicted molar refractivity (Wildman–Crippen MR) is 84.2 cm³/mol. The molecule has 0 radical (unpaired) electrons. The van der Waals surface area contributed by atoms with Crippen molar-refractivity contribution in [3.05, 3.63) is 22.7 Å². The van der Waals surface area contributed by atoms with Crippen molar-refractivity contribution >= 4 is 17.5 Å². The number of carbonyl (C=O) groups excluding carboxylic acids is 1. The van der Waals surface area contributed by atoms with Crippen LogP contribution in [0.25, 0.3) is 0 Å². The number of benzene rings is 1. The molecular formula is C16H20ClNO3. The summed E-state index contributed by atoms with van der Waals surface area (Å²) in [6.07, 6.45) is 6.84. The molecule has 1 rings (SSSR count). The summed E-state index contributed by atoms with van der Waals surface area (Å²) in [5, 5.41) is 3.19. The Kier molecular flexibility index (Phi) is 5.92. The van der Waals surface area contributed by atoms with Gasteiger partial charge in [0.1, 0.15) is 5.54 Å². The lowest BCUT2D eigenvalue weighted by molar-refractivity contribution is 0.0916. The van der Waals surface area contributed by atoms with Crippen LogP contribution in [0.4, 0.5) is 0 Å². The highest BCUT2D eigenvalue weighted by molar-refractivity contribution is 6.32. The maximum absolute atomic E-state index is 12.4. The van der Waals surface area contributed by atoms with E-state index in [1.165, 1.54) is 20.3 Å². The summed E-state index contributed by atoms with van der Waals surface area (Å²) in [6.45, 7) is 3.87. The number of carbonyl (C=O) groups is 1. The third-order valence-electron chi connectivity index (χ3n) is 3.53. The molecule has 21 heavy (non-hydrogen) atoms. The largest absolute Gasteiger partial charge is 0.493 e. The zero-order valence-electron chi connectivity index (χ0n) is 12.7. The van der Waals surface area contributed by atoms with E-state index in [-0.39, 0.29) is 5.91 Å². The van der Waals surface area contributed by atoms with E-state index in [0.717, 1.165) is 0 Å². The number of ether oxygens (including phenoxy) is 2. The smallest absolute Gasteiger partial charge is 0.252 e. The van der Waals surface area contributed by atoms with Gasteiger partial charge >= 0.3 is 0 Å². The molecule has 1 aromatic carbocycles. The van der Waals surface area contributed by atoms with E-state index in [0.29, 0.717) is 34.9 Å². The molecule has 0 spiro atoms. The first-order valence-corrected chi connectivity index (χ1v) is 7.06. The molecule has 0 heterocycles. The SMILES string of the molecule is C#CC(CC)(CC)NC(=O)c1cc(Cl)c(OC)c(OC)c1. The first-order valence-electron chi connectivity index (χ1n) is 6.68. The van der Waals surface area contributed by atoms with Gasteiger partial charge < -0.3 is 14.8 Å². The van der Waals surface area contributed by atoms with Crippen molar-refractivity contribution in [1.29, 1.82) is 0 Å². The van der Waals surface area contributed by atoms with Crippen LogP contribution in [-0.2, 0) is 0 Å². The van der Waals surface area contributed by atoms with Crippen molar-refractivity contribution in [2.24, 2.45) is 0 Å². The summed E-state index contributed by atoms with van der Waals surface area (Å²) < 4.78 is 10.3. The normalized spacial score (nSPS) is 10.7. The summed E-state index contributed by atoms with van der Waals surface area (Å²) in [7, 11) is 2.97. The van der Waals surface area contributed by atoms with Gasteiger partial charge in [-0.1, -0.05) is 31.4 Å². The van der Waals surface area contributed by atoms with Crippen LogP contribution in [-0.4, -0.2) is 25.7 Å². The lowest BCUT2D eigenvalue weighted by Gasteiger charge is -2.27. The highest BCUT2D eigenvalue weighted by Crippen LogP contribution is 2.36. The quantitative estimate of drug-likeness (QED) is 0.820. The summed E-state index contributed by atoms with van der Waals surface area (Å²) in [5.74, 6) is 3.16. The average molecular weight is 310 g/mol. The van der Waals surface area contributed by atoms with E-state index in [4.69, 9.17) is 27.5 Å². The fraction of sp³-hybridized carbons (Fsp3) is 0.438. The van der Waals surface area contributed by atoms with Crippen LogP contribution in [0.3, 0.4) is 0 Å². The molecule has 114 valence electrons. The Morgan fingerprint density at radius 2 is 1.95 bits per heavy atom. The molecule has 0 saturated carbocycles. The van der Waals surface area contributed by atoms with Crippen LogP contribution in [0.15, 0.2) is 12.1 Å². The minimum Gasteiger partial charge on any atom is -0.493 e. The molecule has 0 atom stereocenters. The fourth-order valence-electron chi connectivity index (χ4n) is 2.01. The zero-order valence-corrected chi connectivity index (χ0v) is 13.5. The third-order valence-corrected chi connectivity index (χ3v) is 3.81. The van der Waals surface area contributed by atoms with Crippen molar-refractivity contribution in [2.75, 3.05) is 14.2 Å². The second kappa shape index (κ2) is 7.24. The van der Waals surface area contributed by atoms with E-state index in [1.54, 1.807) is 6.07 Å². The molecular weight excluding hydrogens is 290 g/mol. The van der Waals surface area contributed by atoms with E-state index < -0.39 is 5.54 Å². The maximum Gasteiger partial charge on any atom is 0.252 e. The first-order chi connectivity index (χ1) is 9.96. The van der Waals surface area contributed by atoms with E-state index >= 15 is 0 Å². The highest BCUT2D eigenvalue weighted by Gasteiger charge is 2.26. The number of halogens is 1. The minimum atomic E-state index is -0.656. The molecule has 0 unspecified atom stereocenters. The monoisotopic (exact) mass is 309 g/mol. The highest BCUT2D eigenvalue weighted by atomic mass is 35.5. The molecule has 5 heteroatoms. The Labute approximate surface area is 130 Å². The van der Waals surface area contributed by atoms with Crippen molar-refractivity contribution in [3.8, 4) is 23.8 Å². The van der Waals surface area contributed by atoms with Gasteiger partial charge in [0.05, 0.1) is 19.2 Å². The lowest BCUT2D eigenvalue weighted by atomic mass is 9.93. The molecule has 1 N–H and O–H groups in total. The number of nitrogens with one attached hydrogen (secondary N) is 1. The Balaban J connectivity index is 3.15. The minimum absolute atomic E-state index is 0.292. The predicted octanol–water partition coefficient (Wildman–Crippen LogP) is 3.28. The summed E-state index contributed by atoms with van der Waals surface area (Å²) in [5.41, 5.74) is -0.282. The zero-order chi connectivity index (χ0) is 16.0. The first kappa shape index (κ1) is 17.2. The number of hydrogen-bond acceptors (Lipinski definition) is 3. The Morgan fingerprint density at radius 3 is 2.38 bits per heavy atom. The molecule has 0 bridgehead atoms. The molecule has 0 aliphatic heterocycles. The van der Waals surface area contributed by atoms with Gasteiger partial charge in [-0.25, -0.2) is 0 Å². The second-order valence-electron chi connectivity index (χ2n) is 4.58. The van der Waals surface area contributed by atoms with Gasteiger partial charge in [0.15, 0.2) is 11.5 Å². The molecule has 1 aromatic rings. The lowest BCUT2D eigenvalue weighted by Crippen LogP contribution is -2.46. The summed E-state index contributed by atoms with van der Waals surface area (Å²) in [6, 6.07) is 3.11. The van der Waals surface area contributed by atoms with Gasteiger partial charge in [-0.2, -0.15) is 0 Å². The van der Waals surface area contributed by atoms with Crippen LogP contribution >= 0.6 is 11.6 Å². The molecule has 0 aliphatic carbocycles. The summed E-state index contributed by atoms with van der Waals surface area (Å²) in [4.78, 5) is 12.4. The van der Waals surface area contributed by atoms with Gasteiger partial charge in [0.2, 0.25) is 0 Å². The average Bonchev–Trinajstić information content (AvgIpc) is 2.51. The van der Waals surface area contributed by atoms with Crippen LogP contribution in [0.5, 0.6) is 11.5 Å². The van der Waals surface area contributed by atoms with Gasteiger partial charge in [0.25, 0.3) is 5.91 Å². The molecule has 1 amide bonds. The Morgan fingerprint density at radius 1 is 1.33 bits per heavy atom. The van der Waals surface area contributed by atoms with Crippen molar-refractivity contribution < 1.29 is 14.3 Å². The standard InChI is InChI=1S/C16H20ClNO3/c1-6-16(7-2,8-3)18-15(19)11-9-12(17)14(21-5)13(10-11)20-4/h1,9-10H,7-8H2,2-5H3,(H,18,19). The molecule has 0 aliphatic rings. The van der Waals surface area contributed by atoms with Crippen LogP contribution in [0, 0.1) is 12.3 Å². The van der Waals surface area contributed by atoms with Gasteiger partial charge in [-0.15, -0.1) is 6.42 Å². The third kappa shape index (κ3) is 3.62. The fourth-order valence-corrected chi connectivity index (χ4v) is 2.29. The number of hydrogen-bond donors (Lipinski definition) is 1. The van der Waals surface area contributed by atoms with E-state index in [9.17, 15) is 4.79 Å². The van der Waals surface area contributed by atoms with Gasteiger partial charge in [0, 0.05) is 5.56 Å². The molecule has 0 saturated heterocycles. The molecule has 0 fully saturated rings. The van der Waals surface area contributed by atoms with Gasteiger partial charge in [-0.3, -0.25) is 4.79 Å². The van der Waals surface area contributed by atoms with Gasteiger partial charge in [-0.05, 0) is 25.0 Å². The van der Waals surface area contributed by atoms with Crippen molar-refractivity contribution in [2.45, 2.75) is 32.2 Å².